The average Bonchev–Trinajstić information content (AvgIpc) is 2.80. The third kappa shape index (κ3) is 2.88. The maximum atomic E-state index is 4.24. The van der Waals surface area contributed by atoms with E-state index in [9.17, 15) is 0 Å². The molecule has 78 valence electrons. The van der Waals surface area contributed by atoms with Crippen molar-refractivity contribution in [1.82, 2.24) is 10.3 Å². The molecule has 1 heterocycles. The first-order valence-corrected chi connectivity index (χ1v) is 5.91. The minimum absolute atomic E-state index is 0.370. The molecule has 0 radical (unpaired) electrons. The highest BCUT2D eigenvalue weighted by atomic mass is 32.1. The summed E-state index contributed by atoms with van der Waals surface area (Å²) >= 11 is 1.69. The number of rotatable bonds is 4. The third-order valence-corrected chi connectivity index (χ3v) is 3.12. The second-order valence-corrected chi connectivity index (χ2v) is 4.42. The molecule has 0 saturated carbocycles. The molecule has 1 atom stereocenters. The molecule has 1 aromatic heterocycles. The van der Waals surface area contributed by atoms with Crippen molar-refractivity contribution >= 4 is 11.3 Å². The number of nitrogens with one attached hydrogen (secondary N) is 1. The molecule has 0 unspecified atom stereocenters. The molecule has 1 aromatic carbocycles. The third-order valence-electron chi connectivity index (χ3n) is 2.34. The van der Waals surface area contributed by atoms with Crippen molar-refractivity contribution in [3.05, 3.63) is 52.5 Å². The molecule has 0 aliphatic heterocycles. The lowest BCUT2D eigenvalue weighted by Gasteiger charge is -2.12. The highest BCUT2D eigenvalue weighted by Crippen LogP contribution is 2.12. The summed E-state index contributed by atoms with van der Waals surface area (Å²) in [6, 6.07) is 10.8. The first kappa shape index (κ1) is 10.3. The van der Waals surface area contributed by atoms with Crippen LogP contribution < -0.4 is 5.32 Å². The normalized spacial score (nSPS) is 12.6. The number of benzene rings is 1. The summed E-state index contributed by atoms with van der Waals surface area (Å²) in [5.41, 5.74) is 1.31. The van der Waals surface area contributed by atoms with Crippen LogP contribution in [-0.4, -0.2) is 4.98 Å². The lowest BCUT2D eigenvalue weighted by Crippen LogP contribution is -2.17. The molecule has 0 spiro atoms. The van der Waals surface area contributed by atoms with E-state index in [1.54, 1.807) is 11.3 Å². The molecular formula is C12H14N2S. The molecule has 0 saturated heterocycles. The second-order valence-electron chi connectivity index (χ2n) is 3.44. The van der Waals surface area contributed by atoms with Crippen molar-refractivity contribution < 1.29 is 0 Å². The number of hydrogen-bond donors (Lipinski definition) is 1. The predicted molar refractivity (Wildman–Crippen MR) is 63.8 cm³/mol. The molecular weight excluding hydrogens is 204 g/mol. The Balaban J connectivity index is 1.90. The molecule has 2 aromatic rings. The van der Waals surface area contributed by atoms with Gasteiger partial charge in [0, 0.05) is 24.2 Å². The summed E-state index contributed by atoms with van der Waals surface area (Å²) in [6.45, 7) is 3.01. The Morgan fingerprint density at radius 1 is 1.33 bits per heavy atom. The van der Waals surface area contributed by atoms with Gasteiger partial charge in [-0.05, 0) is 12.5 Å². The minimum atomic E-state index is 0.370. The average molecular weight is 218 g/mol. The maximum absolute atomic E-state index is 4.24. The van der Waals surface area contributed by atoms with Crippen LogP contribution in [0.15, 0.2) is 41.9 Å². The van der Waals surface area contributed by atoms with Gasteiger partial charge in [-0.2, -0.15) is 0 Å². The SMILES string of the molecule is C[C@H](NCc1nccs1)c1ccccc1. The molecule has 1 N–H and O–H groups in total. The zero-order valence-corrected chi connectivity index (χ0v) is 9.50. The maximum Gasteiger partial charge on any atom is 0.106 e. The highest BCUT2D eigenvalue weighted by Gasteiger charge is 2.04. The Bertz CT molecular complexity index is 383. The van der Waals surface area contributed by atoms with E-state index in [0.717, 1.165) is 11.6 Å². The van der Waals surface area contributed by atoms with Crippen LogP contribution in [0.1, 0.15) is 23.5 Å². The summed E-state index contributed by atoms with van der Waals surface area (Å²) in [6.07, 6.45) is 1.84. The molecule has 2 rings (SSSR count). The molecule has 0 amide bonds. The Kier molecular flexibility index (Phi) is 3.48. The lowest BCUT2D eigenvalue weighted by atomic mass is 10.1. The van der Waals surface area contributed by atoms with Crippen molar-refractivity contribution in [3.8, 4) is 0 Å². The van der Waals surface area contributed by atoms with Crippen LogP contribution in [0.25, 0.3) is 0 Å². The van der Waals surface area contributed by atoms with Crippen LogP contribution in [0.5, 0.6) is 0 Å². The van der Waals surface area contributed by atoms with Crippen LogP contribution >= 0.6 is 11.3 Å². The molecule has 15 heavy (non-hydrogen) atoms. The first-order chi connectivity index (χ1) is 7.36. The van der Waals surface area contributed by atoms with E-state index in [4.69, 9.17) is 0 Å². The van der Waals surface area contributed by atoms with E-state index >= 15 is 0 Å². The van der Waals surface area contributed by atoms with Gasteiger partial charge in [0.15, 0.2) is 0 Å². The van der Waals surface area contributed by atoms with Crippen molar-refractivity contribution in [2.24, 2.45) is 0 Å². The fraction of sp³-hybridized carbons (Fsp3) is 0.250. The smallest absolute Gasteiger partial charge is 0.106 e. The van der Waals surface area contributed by atoms with Gasteiger partial charge in [-0.15, -0.1) is 11.3 Å². The van der Waals surface area contributed by atoms with Crippen LogP contribution in [0.2, 0.25) is 0 Å². The minimum Gasteiger partial charge on any atom is -0.304 e. The number of aromatic nitrogens is 1. The van der Waals surface area contributed by atoms with Gasteiger partial charge in [0.25, 0.3) is 0 Å². The predicted octanol–water partition coefficient (Wildman–Crippen LogP) is 2.99. The Hall–Kier alpha value is -1.19. The lowest BCUT2D eigenvalue weighted by molar-refractivity contribution is 0.573. The molecule has 0 aliphatic carbocycles. The Morgan fingerprint density at radius 3 is 2.80 bits per heavy atom. The first-order valence-electron chi connectivity index (χ1n) is 5.03. The van der Waals surface area contributed by atoms with Gasteiger partial charge in [-0.1, -0.05) is 30.3 Å². The summed E-state index contributed by atoms with van der Waals surface area (Å²) in [5.74, 6) is 0. The zero-order valence-electron chi connectivity index (χ0n) is 8.68. The van der Waals surface area contributed by atoms with E-state index in [2.05, 4.69) is 41.5 Å². The largest absolute Gasteiger partial charge is 0.304 e. The molecule has 2 nitrogen and oxygen atoms in total. The van der Waals surface area contributed by atoms with E-state index < -0.39 is 0 Å². The van der Waals surface area contributed by atoms with Crippen LogP contribution in [0.4, 0.5) is 0 Å². The van der Waals surface area contributed by atoms with Gasteiger partial charge < -0.3 is 5.32 Å². The van der Waals surface area contributed by atoms with Crippen molar-refractivity contribution in [2.45, 2.75) is 19.5 Å². The van der Waals surface area contributed by atoms with E-state index in [1.165, 1.54) is 5.56 Å². The van der Waals surface area contributed by atoms with Gasteiger partial charge in [0.1, 0.15) is 5.01 Å². The Labute approximate surface area is 94.0 Å². The van der Waals surface area contributed by atoms with Crippen molar-refractivity contribution in [3.63, 3.8) is 0 Å². The van der Waals surface area contributed by atoms with Gasteiger partial charge in [-0.3, -0.25) is 0 Å². The van der Waals surface area contributed by atoms with E-state index in [-0.39, 0.29) is 0 Å². The van der Waals surface area contributed by atoms with E-state index in [1.807, 2.05) is 17.6 Å². The van der Waals surface area contributed by atoms with Gasteiger partial charge in [-0.25, -0.2) is 4.98 Å². The van der Waals surface area contributed by atoms with Gasteiger partial charge >= 0.3 is 0 Å². The number of nitrogens with zero attached hydrogens (tertiary/aromatic N) is 1. The summed E-state index contributed by atoms with van der Waals surface area (Å²) < 4.78 is 0. The molecule has 0 aliphatic rings. The van der Waals surface area contributed by atoms with Crippen LogP contribution in [0.3, 0.4) is 0 Å². The van der Waals surface area contributed by atoms with E-state index in [0.29, 0.717) is 6.04 Å². The standard InChI is InChI=1S/C12H14N2S/c1-10(11-5-3-2-4-6-11)14-9-12-13-7-8-15-12/h2-8,10,14H,9H2,1H3/t10-/m0/s1. The monoisotopic (exact) mass is 218 g/mol. The summed E-state index contributed by atoms with van der Waals surface area (Å²) in [5, 5.41) is 6.59. The zero-order chi connectivity index (χ0) is 10.5. The van der Waals surface area contributed by atoms with Crippen molar-refractivity contribution in [1.29, 1.82) is 0 Å². The van der Waals surface area contributed by atoms with Gasteiger partial charge in [0.2, 0.25) is 0 Å². The number of thiazole rings is 1. The molecule has 0 bridgehead atoms. The molecule has 0 fully saturated rings. The number of hydrogen-bond acceptors (Lipinski definition) is 3. The Morgan fingerprint density at radius 2 is 2.13 bits per heavy atom. The fourth-order valence-electron chi connectivity index (χ4n) is 1.44. The quantitative estimate of drug-likeness (QED) is 0.853. The fourth-order valence-corrected chi connectivity index (χ4v) is 2.01. The topological polar surface area (TPSA) is 24.9 Å². The second kappa shape index (κ2) is 5.05. The highest BCUT2D eigenvalue weighted by molar-refractivity contribution is 7.09. The molecule has 3 heteroatoms. The van der Waals surface area contributed by atoms with Gasteiger partial charge in [0.05, 0.1) is 0 Å². The van der Waals surface area contributed by atoms with Crippen molar-refractivity contribution in [2.75, 3.05) is 0 Å². The van der Waals surface area contributed by atoms with Crippen LogP contribution in [-0.2, 0) is 6.54 Å². The summed E-state index contributed by atoms with van der Waals surface area (Å²) in [4.78, 5) is 4.24. The summed E-state index contributed by atoms with van der Waals surface area (Å²) in [7, 11) is 0. The van der Waals surface area contributed by atoms with Crippen LogP contribution in [0, 0.1) is 0 Å².